The van der Waals surface area contributed by atoms with Crippen LogP contribution in [0, 0.1) is 0 Å². The van der Waals surface area contributed by atoms with Crippen molar-refractivity contribution < 1.29 is 24.0 Å². The highest BCUT2D eigenvalue weighted by Gasteiger charge is 2.25. The van der Waals surface area contributed by atoms with Gasteiger partial charge in [0.25, 0.3) is 5.91 Å². The van der Waals surface area contributed by atoms with Crippen LogP contribution in [-0.4, -0.2) is 35.3 Å². The van der Waals surface area contributed by atoms with Gasteiger partial charge < -0.3 is 19.7 Å². The maximum Gasteiger partial charge on any atom is 0.307 e. The first-order valence-corrected chi connectivity index (χ1v) is 11.9. The second-order valence-electron chi connectivity index (χ2n) is 7.70. The van der Waals surface area contributed by atoms with Crippen LogP contribution in [0.2, 0.25) is 15.1 Å². The maximum atomic E-state index is 13.3. The van der Waals surface area contributed by atoms with E-state index >= 15 is 0 Å². The molecule has 3 aromatic carbocycles. The Bertz CT molecular complexity index is 1420. The van der Waals surface area contributed by atoms with Crippen molar-refractivity contribution in [3.05, 3.63) is 92.9 Å². The number of nitrogens with one attached hydrogen (secondary N) is 1. The molecule has 2 N–H and O–H groups in total. The molecule has 1 aromatic heterocycles. The Labute approximate surface area is 221 Å². The maximum absolute atomic E-state index is 13.3. The molecule has 0 spiro atoms. The first-order chi connectivity index (χ1) is 17.3. The molecule has 0 fully saturated rings. The highest BCUT2D eigenvalue weighted by molar-refractivity contribution is 6.35. The summed E-state index contributed by atoms with van der Waals surface area (Å²) in [5, 5.41) is 17.4. The van der Waals surface area contributed by atoms with Gasteiger partial charge in [0.05, 0.1) is 18.0 Å². The molecule has 1 amide bonds. The molecule has 0 atom stereocenters. The van der Waals surface area contributed by atoms with Gasteiger partial charge in [-0.05, 0) is 42.0 Å². The van der Waals surface area contributed by atoms with Crippen molar-refractivity contribution in [2.45, 2.75) is 6.42 Å². The van der Waals surface area contributed by atoms with Gasteiger partial charge in [-0.1, -0.05) is 70.3 Å². The lowest BCUT2D eigenvalue weighted by Gasteiger charge is -2.10. The van der Waals surface area contributed by atoms with E-state index in [9.17, 15) is 9.59 Å². The number of rotatable bonds is 9. The molecule has 0 aliphatic carbocycles. The molecular formula is C26H19Cl3N2O5. The van der Waals surface area contributed by atoms with E-state index in [4.69, 9.17) is 49.2 Å². The molecule has 1 heterocycles. The lowest BCUT2D eigenvalue weighted by molar-refractivity contribution is -0.136. The third-order valence-electron chi connectivity index (χ3n) is 5.10. The standard InChI is InChI=1S/C26H19Cl3N2O5/c27-18-6-2-5-17(13-18)25-23(24(31-36-25)16-4-1-3-15(11-16)12-22(32)33)26(34)30-9-10-35-21-8-7-19(28)14-20(21)29/h1-8,11,13-14H,9-10,12H2,(H,30,34)(H,32,33). The van der Waals surface area contributed by atoms with E-state index in [-0.39, 0.29) is 36.6 Å². The minimum atomic E-state index is -0.967. The number of nitrogens with zero attached hydrogens (tertiary/aromatic N) is 1. The van der Waals surface area contributed by atoms with Crippen molar-refractivity contribution in [2.75, 3.05) is 13.2 Å². The van der Waals surface area contributed by atoms with Gasteiger partial charge >= 0.3 is 5.97 Å². The fourth-order valence-electron chi connectivity index (χ4n) is 3.53. The monoisotopic (exact) mass is 544 g/mol. The van der Waals surface area contributed by atoms with Crippen LogP contribution in [-0.2, 0) is 11.2 Å². The Morgan fingerprint density at radius 1 is 0.944 bits per heavy atom. The summed E-state index contributed by atoms with van der Waals surface area (Å²) in [6, 6.07) is 18.5. The number of hydrogen-bond acceptors (Lipinski definition) is 5. The van der Waals surface area contributed by atoms with Crippen molar-refractivity contribution in [3.8, 4) is 28.3 Å². The molecule has 0 unspecified atom stereocenters. The first kappa shape index (κ1) is 25.6. The van der Waals surface area contributed by atoms with Crippen molar-refractivity contribution in [1.29, 1.82) is 0 Å². The molecule has 4 rings (SSSR count). The number of hydrogen-bond donors (Lipinski definition) is 2. The molecule has 0 saturated carbocycles. The molecule has 7 nitrogen and oxygen atoms in total. The molecule has 10 heteroatoms. The lowest BCUT2D eigenvalue weighted by Crippen LogP contribution is -2.28. The number of carboxylic acid groups (broad SMARTS) is 1. The summed E-state index contributed by atoms with van der Waals surface area (Å²) < 4.78 is 11.2. The van der Waals surface area contributed by atoms with Gasteiger partial charge in [0, 0.05) is 21.2 Å². The van der Waals surface area contributed by atoms with E-state index in [1.54, 1.807) is 66.7 Å². The predicted molar refractivity (Wildman–Crippen MR) is 138 cm³/mol. The van der Waals surface area contributed by atoms with Crippen molar-refractivity contribution in [3.63, 3.8) is 0 Å². The Morgan fingerprint density at radius 2 is 1.69 bits per heavy atom. The van der Waals surface area contributed by atoms with Gasteiger partial charge in [0.1, 0.15) is 23.6 Å². The topological polar surface area (TPSA) is 102 Å². The Morgan fingerprint density at radius 3 is 2.44 bits per heavy atom. The smallest absolute Gasteiger partial charge is 0.307 e. The van der Waals surface area contributed by atoms with E-state index in [2.05, 4.69) is 10.5 Å². The second kappa shape index (κ2) is 11.5. The molecule has 0 radical (unpaired) electrons. The summed E-state index contributed by atoms with van der Waals surface area (Å²) in [6.07, 6.45) is -0.168. The van der Waals surface area contributed by atoms with Gasteiger partial charge in [-0.15, -0.1) is 0 Å². The van der Waals surface area contributed by atoms with Gasteiger partial charge in [-0.3, -0.25) is 9.59 Å². The third kappa shape index (κ3) is 6.18. The number of carbonyl (C=O) groups excluding carboxylic acids is 1. The lowest BCUT2D eigenvalue weighted by atomic mass is 9.99. The number of aliphatic carboxylic acids is 1. The molecule has 36 heavy (non-hydrogen) atoms. The van der Waals surface area contributed by atoms with Gasteiger partial charge in [0.2, 0.25) is 0 Å². The molecule has 4 aromatic rings. The summed E-state index contributed by atoms with van der Waals surface area (Å²) in [5.41, 5.74) is 2.13. The largest absolute Gasteiger partial charge is 0.490 e. The highest BCUT2D eigenvalue weighted by Crippen LogP contribution is 2.34. The van der Waals surface area contributed by atoms with Crippen LogP contribution in [0.3, 0.4) is 0 Å². The van der Waals surface area contributed by atoms with Crippen LogP contribution in [0.5, 0.6) is 5.75 Å². The summed E-state index contributed by atoms with van der Waals surface area (Å²) in [6.45, 7) is 0.310. The van der Waals surface area contributed by atoms with Crippen LogP contribution < -0.4 is 10.1 Å². The summed E-state index contributed by atoms with van der Waals surface area (Å²) >= 11 is 18.2. The summed E-state index contributed by atoms with van der Waals surface area (Å²) in [5.74, 6) is -0.743. The normalized spacial score (nSPS) is 10.8. The molecular weight excluding hydrogens is 527 g/mol. The average molecular weight is 546 g/mol. The zero-order valence-electron chi connectivity index (χ0n) is 18.6. The molecule has 0 aliphatic rings. The number of carbonyl (C=O) groups is 2. The highest BCUT2D eigenvalue weighted by atomic mass is 35.5. The number of benzene rings is 3. The third-order valence-corrected chi connectivity index (χ3v) is 5.87. The van der Waals surface area contributed by atoms with E-state index in [0.29, 0.717) is 37.5 Å². The number of amides is 1. The van der Waals surface area contributed by atoms with Crippen LogP contribution in [0.15, 0.2) is 71.3 Å². The van der Waals surface area contributed by atoms with E-state index in [1.807, 2.05) is 0 Å². The summed E-state index contributed by atoms with van der Waals surface area (Å²) in [7, 11) is 0. The summed E-state index contributed by atoms with van der Waals surface area (Å²) in [4.78, 5) is 24.5. The quantitative estimate of drug-likeness (QED) is 0.236. The average Bonchev–Trinajstić information content (AvgIpc) is 3.28. The number of halogens is 3. The first-order valence-electron chi connectivity index (χ1n) is 10.7. The Kier molecular flexibility index (Phi) is 8.15. The van der Waals surface area contributed by atoms with Gasteiger partial charge in [0.15, 0.2) is 5.76 Å². The van der Waals surface area contributed by atoms with Gasteiger partial charge in [-0.25, -0.2) is 0 Å². The number of ether oxygens (including phenoxy) is 1. The Balaban J connectivity index is 1.60. The fourth-order valence-corrected chi connectivity index (χ4v) is 4.19. The number of carboxylic acids is 1. The van der Waals surface area contributed by atoms with E-state index in [1.165, 1.54) is 0 Å². The van der Waals surface area contributed by atoms with Crippen LogP contribution in [0.1, 0.15) is 15.9 Å². The molecule has 0 aliphatic heterocycles. The van der Waals surface area contributed by atoms with Crippen molar-refractivity contribution in [2.24, 2.45) is 0 Å². The minimum Gasteiger partial charge on any atom is -0.490 e. The van der Waals surface area contributed by atoms with Crippen LogP contribution >= 0.6 is 34.8 Å². The van der Waals surface area contributed by atoms with Crippen molar-refractivity contribution >= 4 is 46.7 Å². The predicted octanol–water partition coefficient (Wildman–Crippen LogP) is 6.40. The fraction of sp³-hybridized carbons (Fsp3) is 0.115. The van der Waals surface area contributed by atoms with E-state index in [0.717, 1.165) is 0 Å². The van der Waals surface area contributed by atoms with E-state index < -0.39 is 11.9 Å². The zero-order valence-corrected chi connectivity index (χ0v) is 20.9. The molecule has 184 valence electrons. The van der Waals surface area contributed by atoms with Crippen LogP contribution in [0.25, 0.3) is 22.6 Å². The molecule has 0 bridgehead atoms. The Hall–Kier alpha value is -3.52. The SMILES string of the molecule is O=C(O)Cc1cccc(-c2noc(-c3cccc(Cl)c3)c2C(=O)NCCOc2ccc(Cl)cc2Cl)c1. The van der Waals surface area contributed by atoms with Crippen molar-refractivity contribution in [1.82, 2.24) is 10.5 Å². The van der Waals surface area contributed by atoms with Crippen LogP contribution in [0.4, 0.5) is 0 Å². The molecule has 0 saturated heterocycles. The van der Waals surface area contributed by atoms with Gasteiger partial charge in [-0.2, -0.15) is 0 Å². The second-order valence-corrected chi connectivity index (χ2v) is 8.98. The zero-order chi connectivity index (χ0) is 25.7. The number of aromatic nitrogens is 1. The minimum absolute atomic E-state index is 0.147.